The van der Waals surface area contributed by atoms with Crippen LogP contribution in [0.2, 0.25) is 97.2 Å². The van der Waals surface area contributed by atoms with E-state index in [-0.39, 0.29) is 0 Å². The molecule has 1 aliphatic rings. The lowest BCUT2D eigenvalue weighted by Crippen LogP contribution is -2.66. The zero-order valence-electron chi connectivity index (χ0n) is 20.0. The molecule has 0 N–H and O–H groups in total. The predicted octanol–water partition coefficient (Wildman–Crippen LogP) is 5.25. The minimum Gasteiger partial charge on any atom is -0.416 e. The monoisotopic (exact) mass is 497 g/mol. The van der Waals surface area contributed by atoms with Gasteiger partial charge < -0.3 is 20.4 Å². The molecule has 0 atom stereocenters. The molecule has 1 fully saturated rings. The lowest BCUT2D eigenvalue weighted by Gasteiger charge is -2.49. The largest absolute Gasteiger partial charge is 0.416 e. The standard InChI is InChI=1S/C15H43NO4Si7/c1-21(2)16(22(3)4)23(5,6)14-15-27(13)19-25(9,10)17-24(7,8)18-26(11,12)20-27/h14-15H2,1-13H3. The van der Waals surface area contributed by atoms with Crippen molar-refractivity contribution in [3.05, 3.63) is 0 Å². The number of hydrogen-bond donors (Lipinski definition) is 0. The van der Waals surface area contributed by atoms with Gasteiger partial charge in [-0.2, -0.15) is 0 Å². The molecule has 1 saturated heterocycles. The topological polar surface area (TPSA) is 40.2 Å². The Morgan fingerprint density at radius 1 is 0.667 bits per heavy atom. The Hall–Kier alpha value is 1.32. The van der Waals surface area contributed by atoms with Crippen molar-refractivity contribution in [2.45, 2.75) is 97.2 Å². The lowest BCUT2D eigenvalue weighted by molar-refractivity contribution is 0.235. The third-order valence-electron chi connectivity index (χ3n) is 4.60. The predicted molar refractivity (Wildman–Crippen MR) is 132 cm³/mol. The average molecular weight is 498 g/mol. The summed E-state index contributed by atoms with van der Waals surface area (Å²) in [7, 11) is -11.4. The molecule has 0 aromatic carbocycles. The van der Waals surface area contributed by atoms with Crippen LogP contribution in [0.4, 0.5) is 0 Å². The zero-order valence-corrected chi connectivity index (χ0v) is 27.0. The van der Waals surface area contributed by atoms with E-state index in [1.54, 1.807) is 0 Å². The number of hydrogen-bond acceptors (Lipinski definition) is 5. The van der Waals surface area contributed by atoms with E-state index in [9.17, 15) is 0 Å². The van der Waals surface area contributed by atoms with Gasteiger partial charge in [0.05, 0.1) is 0 Å². The number of rotatable bonds is 6. The molecule has 1 heterocycles. The summed E-state index contributed by atoms with van der Waals surface area (Å²) in [6, 6.07) is 2.28. The Morgan fingerprint density at radius 3 is 1.33 bits per heavy atom. The van der Waals surface area contributed by atoms with Gasteiger partial charge in [0.25, 0.3) is 0 Å². The van der Waals surface area contributed by atoms with Gasteiger partial charge in [0.2, 0.25) is 0 Å². The van der Waals surface area contributed by atoms with E-state index in [4.69, 9.17) is 16.5 Å². The SMILES string of the molecule is C[Si](C)N([Si](C)C)[Si](C)(C)CC[Si]1(C)O[Si](C)(C)O[Si](C)(C)O[Si](C)(C)O1. The first-order valence-electron chi connectivity index (χ1n) is 10.0. The molecule has 0 aromatic heterocycles. The van der Waals surface area contributed by atoms with Gasteiger partial charge in [0.15, 0.2) is 0 Å². The van der Waals surface area contributed by atoms with Gasteiger partial charge in [-0.25, -0.2) is 0 Å². The Kier molecular flexibility index (Phi) is 8.61. The second-order valence-electron chi connectivity index (χ2n) is 10.3. The van der Waals surface area contributed by atoms with Gasteiger partial charge in [-0.15, -0.1) is 0 Å². The van der Waals surface area contributed by atoms with E-state index in [1.807, 2.05) is 0 Å². The van der Waals surface area contributed by atoms with Gasteiger partial charge in [0, 0.05) is 0 Å². The summed E-state index contributed by atoms with van der Waals surface area (Å²) in [4.78, 5) is 0. The fourth-order valence-corrected chi connectivity index (χ4v) is 43.9. The molecule has 0 amide bonds. The van der Waals surface area contributed by atoms with Gasteiger partial charge in [-0.3, -0.25) is 0 Å². The van der Waals surface area contributed by atoms with Gasteiger partial charge >= 0.3 is 34.2 Å². The van der Waals surface area contributed by atoms with Crippen molar-refractivity contribution in [1.82, 2.24) is 3.90 Å². The molecular formula is C15H43NO4Si7. The molecule has 5 nitrogen and oxygen atoms in total. The fourth-order valence-electron chi connectivity index (χ4n) is 4.71. The van der Waals surface area contributed by atoms with E-state index in [2.05, 4.69) is 89.0 Å². The highest BCUT2D eigenvalue weighted by Crippen LogP contribution is 2.35. The summed E-state index contributed by atoms with van der Waals surface area (Å²) in [5, 5.41) is 0. The van der Waals surface area contributed by atoms with Gasteiger partial charge in [0.1, 0.15) is 26.2 Å². The molecule has 0 saturated carbocycles. The van der Waals surface area contributed by atoms with Crippen LogP contribution >= 0.6 is 0 Å². The van der Waals surface area contributed by atoms with Crippen LogP contribution < -0.4 is 0 Å². The summed E-state index contributed by atoms with van der Waals surface area (Å²) >= 11 is 0. The van der Waals surface area contributed by atoms with Crippen molar-refractivity contribution < 1.29 is 16.5 Å². The van der Waals surface area contributed by atoms with Crippen LogP contribution in [-0.2, 0) is 16.5 Å². The molecule has 160 valence electrons. The third-order valence-corrected chi connectivity index (χ3v) is 35.0. The first-order chi connectivity index (χ1) is 11.8. The van der Waals surface area contributed by atoms with E-state index < -0.39 is 60.4 Å². The highest BCUT2D eigenvalue weighted by atomic mass is 28.5. The van der Waals surface area contributed by atoms with Crippen LogP contribution in [0.15, 0.2) is 0 Å². The second-order valence-corrected chi connectivity index (χ2v) is 35.3. The first-order valence-corrected chi connectivity index (χ1v) is 29.0. The maximum atomic E-state index is 6.78. The molecule has 0 aliphatic carbocycles. The summed E-state index contributed by atoms with van der Waals surface area (Å²) in [5.41, 5.74) is 0. The minimum absolute atomic E-state index is 0.427. The zero-order chi connectivity index (χ0) is 21.5. The summed E-state index contributed by atoms with van der Waals surface area (Å²) in [6.45, 7) is 30.0. The summed E-state index contributed by atoms with van der Waals surface area (Å²) in [5.74, 6) is 0. The number of nitrogens with zero attached hydrogens (tertiary/aromatic N) is 1. The molecule has 2 radical (unpaired) electrons. The van der Waals surface area contributed by atoms with Crippen LogP contribution in [0.5, 0.6) is 0 Å². The van der Waals surface area contributed by atoms with Crippen LogP contribution in [0.1, 0.15) is 0 Å². The van der Waals surface area contributed by atoms with E-state index >= 15 is 0 Å². The lowest BCUT2D eigenvalue weighted by atomic mass is 10.9. The molecule has 1 aliphatic heterocycles. The second kappa shape index (κ2) is 8.82. The fraction of sp³-hybridized carbons (Fsp3) is 1.00. The summed E-state index contributed by atoms with van der Waals surface area (Å²) in [6.07, 6.45) is 0. The Labute approximate surface area is 177 Å². The van der Waals surface area contributed by atoms with Crippen molar-refractivity contribution in [2.24, 2.45) is 0 Å². The third kappa shape index (κ3) is 8.16. The van der Waals surface area contributed by atoms with Crippen molar-refractivity contribution >= 4 is 60.4 Å². The van der Waals surface area contributed by atoms with Crippen LogP contribution in [0, 0.1) is 0 Å². The molecule has 27 heavy (non-hydrogen) atoms. The molecule has 0 bridgehead atoms. The highest BCUT2D eigenvalue weighted by Gasteiger charge is 2.53. The first kappa shape index (κ1) is 26.4. The Balaban J connectivity index is 3.05. The van der Waals surface area contributed by atoms with Crippen molar-refractivity contribution in [1.29, 1.82) is 0 Å². The summed E-state index contributed by atoms with van der Waals surface area (Å²) < 4.78 is 29.5. The van der Waals surface area contributed by atoms with Crippen molar-refractivity contribution in [3.63, 3.8) is 0 Å². The quantitative estimate of drug-likeness (QED) is 0.468. The maximum absolute atomic E-state index is 6.78. The van der Waals surface area contributed by atoms with Crippen LogP contribution in [0.3, 0.4) is 0 Å². The van der Waals surface area contributed by atoms with E-state index in [0.29, 0.717) is 0 Å². The van der Waals surface area contributed by atoms with Gasteiger partial charge in [-0.1, -0.05) is 39.3 Å². The highest BCUT2D eigenvalue weighted by molar-refractivity contribution is 6.96. The van der Waals surface area contributed by atoms with E-state index in [0.717, 1.165) is 6.04 Å². The van der Waals surface area contributed by atoms with E-state index in [1.165, 1.54) is 6.04 Å². The van der Waals surface area contributed by atoms with Crippen molar-refractivity contribution in [2.75, 3.05) is 0 Å². The Morgan fingerprint density at radius 2 is 1.00 bits per heavy atom. The minimum atomic E-state index is -2.35. The average Bonchev–Trinajstić information content (AvgIpc) is 2.28. The normalized spacial score (nSPS) is 24.9. The van der Waals surface area contributed by atoms with Crippen molar-refractivity contribution in [3.8, 4) is 0 Å². The molecule has 0 spiro atoms. The van der Waals surface area contributed by atoms with Gasteiger partial charge in [-0.05, 0) is 57.9 Å². The molecule has 0 aromatic rings. The molecule has 12 heteroatoms. The van der Waals surface area contributed by atoms with Crippen LogP contribution in [0.25, 0.3) is 0 Å². The Bertz CT molecular complexity index is 484. The molecular weight excluding hydrogens is 455 g/mol. The molecule has 0 unspecified atom stereocenters. The maximum Gasteiger partial charge on any atom is 0.317 e. The van der Waals surface area contributed by atoms with Crippen LogP contribution in [-0.4, -0.2) is 64.3 Å². The smallest absolute Gasteiger partial charge is 0.317 e. The molecule has 1 rings (SSSR count).